The lowest BCUT2D eigenvalue weighted by molar-refractivity contribution is 0.645. The zero-order valence-corrected chi connectivity index (χ0v) is 9.53. The Kier molecular flexibility index (Phi) is 2.92. The number of halogens is 2. The quantitative estimate of drug-likeness (QED) is 0.814. The van der Waals surface area contributed by atoms with Crippen LogP contribution in [0.15, 0.2) is 22.7 Å². The molecule has 0 aliphatic carbocycles. The van der Waals surface area contributed by atoms with E-state index >= 15 is 0 Å². The fraction of sp³-hybridized carbons (Fsp3) is 0.400. The van der Waals surface area contributed by atoms with Crippen molar-refractivity contribution in [3.63, 3.8) is 0 Å². The molecule has 0 bridgehead atoms. The van der Waals surface area contributed by atoms with Gasteiger partial charge in [-0.25, -0.2) is 0 Å². The highest BCUT2D eigenvalue weighted by Crippen LogP contribution is 2.34. The Bertz CT molecular complexity index is 288. The van der Waals surface area contributed by atoms with Gasteiger partial charge in [-0.1, -0.05) is 33.6 Å². The third-order valence-electron chi connectivity index (χ3n) is 2.41. The molecule has 1 fully saturated rings. The molecule has 1 N–H and O–H groups in total. The first-order valence-corrected chi connectivity index (χ1v) is 5.63. The molecule has 1 saturated heterocycles. The monoisotopic (exact) mass is 259 g/mol. The molecule has 1 atom stereocenters. The summed E-state index contributed by atoms with van der Waals surface area (Å²) in [7, 11) is 0. The van der Waals surface area contributed by atoms with Crippen LogP contribution in [0.4, 0.5) is 0 Å². The first-order valence-electron chi connectivity index (χ1n) is 4.46. The van der Waals surface area contributed by atoms with Crippen LogP contribution in [0.3, 0.4) is 0 Å². The van der Waals surface area contributed by atoms with Crippen LogP contribution in [0.5, 0.6) is 0 Å². The molecule has 3 heteroatoms. The van der Waals surface area contributed by atoms with Crippen LogP contribution in [0.1, 0.15) is 24.4 Å². The summed E-state index contributed by atoms with van der Waals surface area (Å²) >= 11 is 9.67. The molecule has 1 aliphatic rings. The molecule has 0 radical (unpaired) electrons. The Morgan fingerprint density at radius 3 is 2.92 bits per heavy atom. The van der Waals surface area contributed by atoms with Gasteiger partial charge in [0, 0.05) is 21.1 Å². The molecule has 0 aromatic heterocycles. The predicted molar refractivity (Wildman–Crippen MR) is 59.1 cm³/mol. The van der Waals surface area contributed by atoms with Crippen LogP contribution in [-0.4, -0.2) is 6.54 Å². The summed E-state index contributed by atoms with van der Waals surface area (Å²) in [4.78, 5) is 0. The highest BCUT2D eigenvalue weighted by molar-refractivity contribution is 9.10. The lowest BCUT2D eigenvalue weighted by atomic mass is 10.1. The zero-order chi connectivity index (χ0) is 9.26. The highest BCUT2D eigenvalue weighted by Gasteiger charge is 2.20. The second-order valence-corrected chi connectivity index (χ2v) is 4.55. The van der Waals surface area contributed by atoms with E-state index < -0.39 is 0 Å². The summed E-state index contributed by atoms with van der Waals surface area (Å²) < 4.78 is 1.11. The standard InChI is InChI=1S/C10H11BrClN/c11-7-3-1-4-8(12)10(7)9-5-2-6-13-9/h1,3-4,9,13H,2,5-6H2/t9-/m1/s1. The molecule has 1 heterocycles. The second kappa shape index (κ2) is 3.99. The van der Waals surface area contributed by atoms with Crippen molar-refractivity contribution in [3.05, 3.63) is 33.3 Å². The van der Waals surface area contributed by atoms with Crippen LogP contribution >= 0.6 is 27.5 Å². The Balaban J connectivity index is 2.37. The minimum Gasteiger partial charge on any atom is -0.310 e. The molecule has 0 amide bonds. The van der Waals surface area contributed by atoms with Gasteiger partial charge in [0.1, 0.15) is 0 Å². The molecular formula is C10H11BrClN. The van der Waals surface area contributed by atoms with Gasteiger partial charge in [0.25, 0.3) is 0 Å². The van der Waals surface area contributed by atoms with Gasteiger partial charge in [0.2, 0.25) is 0 Å². The minimum absolute atomic E-state index is 0.433. The molecule has 1 aliphatic heterocycles. The summed E-state index contributed by atoms with van der Waals surface area (Å²) in [5, 5.41) is 4.30. The van der Waals surface area contributed by atoms with Crippen molar-refractivity contribution in [2.45, 2.75) is 18.9 Å². The third kappa shape index (κ3) is 1.90. The summed E-state index contributed by atoms with van der Waals surface area (Å²) in [6, 6.07) is 6.39. The molecule has 70 valence electrons. The highest BCUT2D eigenvalue weighted by atomic mass is 79.9. The van der Waals surface area contributed by atoms with E-state index in [-0.39, 0.29) is 0 Å². The van der Waals surface area contributed by atoms with E-state index in [9.17, 15) is 0 Å². The van der Waals surface area contributed by atoms with E-state index in [2.05, 4.69) is 21.2 Å². The molecule has 0 spiro atoms. The fourth-order valence-electron chi connectivity index (χ4n) is 1.77. The Morgan fingerprint density at radius 2 is 2.31 bits per heavy atom. The number of hydrogen-bond acceptors (Lipinski definition) is 1. The largest absolute Gasteiger partial charge is 0.310 e. The van der Waals surface area contributed by atoms with Crippen LogP contribution < -0.4 is 5.32 Å². The van der Waals surface area contributed by atoms with Gasteiger partial charge in [-0.2, -0.15) is 0 Å². The van der Waals surface area contributed by atoms with Crippen molar-refractivity contribution >= 4 is 27.5 Å². The van der Waals surface area contributed by atoms with Crippen LogP contribution in [0.25, 0.3) is 0 Å². The van der Waals surface area contributed by atoms with E-state index in [0.29, 0.717) is 6.04 Å². The van der Waals surface area contributed by atoms with Crippen LogP contribution in [0.2, 0.25) is 5.02 Å². The summed E-state index contributed by atoms with van der Waals surface area (Å²) in [5.41, 5.74) is 1.21. The Labute approximate surface area is 91.6 Å². The lowest BCUT2D eigenvalue weighted by Gasteiger charge is -2.14. The van der Waals surface area contributed by atoms with Gasteiger partial charge in [-0.3, -0.25) is 0 Å². The van der Waals surface area contributed by atoms with Crippen molar-refractivity contribution in [2.24, 2.45) is 0 Å². The van der Waals surface area contributed by atoms with Crippen LogP contribution in [-0.2, 0) is 0 Å². The third-order valence-corrected chi connectivity index (χ3v) is 3.43. The molecule has 2 rings (SSSR count). The predicted octanol–water partition coefficient (Wildman–Crippen LogP) is 3.53. The van der Waals surface area contributed by atoms with E-state index in [0.717, 1.165) is 16.0 Å². The van der Waals surface area contributed by atoms with Crippen molar-refractivity contribution in [1.29, 1.82) is 0 Å². The van der Waals surface area contributed by atoms with Gasteiger partial charge < -0.3 is 5.32 Å². The molecule has 1 aromatic carbocycles. The second-order valence-electron chi connectivity index (χ2n) is 3.28. The molecule has 1 aromatic rings. The van der Waals surface area contributed by atoms with Gasteiger partial charge in [0.05, 0.1) is 0 Å². The topological polar surface area (TPSA) is 12.0 Å². The fourth-order valence-corrected chi connectivity index (χ4v) is 2.84. The summed E-state index contributed by atoms with van der Waals surface area (Å²) in [5.74, 6) is 0. The maximum absolute atomic E-state index is 6.14. The van der Waals surface area contributed by atoms with Crippen molar-refractivity contribution in [2.75, 3.05) is 6.54 Å². The van der Waals surface area contributed by atoms with Crippen molar-refractivity contribution in [1.82, 2.24) is 5.32 Å². The Morgan fingerprint density at radius 1 is 1.46 bits per heavy atom. The minimum atomic E-state index is 0.433. The SMILES string of the molecule is Clc1cccc(Br)c1[C@H]1CCCN1. The van der Waals surface area contributed by atoms with Gasteiger partial charge in [-0.15, -0.1) is 0 Å². The van der Waals surface area contributed by atoms with Crippen molar-refractivity contribution < 1.29 is 0 Å². The first kappa shape index (κ1) is 9.50. The van der Waals surface area contributed by atoms with E-state index in [4.69, 9.17) is 11.6 Å². The van der Waals surface area contributed by atoms with Crippen molar-refractivity contribution in [3.8, 4) is 0 Å². The van der Waals surface area contributed by atoms with Gasteiger partial charge in [-0.05, 0) is 31.5 Å². The molecular weight excluding hydrogens is 249 g/mol. The maximum atomic E-state index is 6.14. The zero-order valence-electron chi connectivity index (χ0n) is 7.19. The molecule has 1 nitrogen and oxygen atoms in total. The molecule has 0 saturated carbocycles. The molecule has 0 unspecified atom stereocenters. The number of rotatable bonds is 1. The van der Waals surface area contributed by atoms with E-state index in [1.165, 1.54) is 18.4 Å². The average Bonchev–Trinajstić information content (AvgIpc) is 2.57. The Hall–Kier alpha value is -0.0500. The van der Waals surface area contributed by atoms with Crippen LogP contribution in [0, 0.1) is 0 Å². The normalized spacial score (nSPS) is 22.2. The number of nitrogens with one attached hydrogen (secondary N) is 1. The van der Waals surface area contributed by atoms with Gasteiger partial charge >= 0.3 is 0 Å². The summed E-state index contributed by atoms with van der Waals surface area (Å²) in [6.07, 6.45) is 2.42. The number of hydrogen-bond donors (Lipinski definition) is 1. The lowest BCUT2D eigenvalue weighted by Crippen LogP contribution is -2.13. The molecule has 13 heavy (non-hydrogen) atoms. The average molecular weight is 261 g/mol. The number of benzene rings is 1. The maximum Gasteiger partial charge on any atom is 0.0465 e. The van der Waals surface area contributed by atoms with E-state index in [1.54, 1.807) is 0 Å². The van der Waals surface area contributed by atoms with E-state index in [1.807, 2.05) is 18.2 Å². The van der Waals surface area contributed by atoms with Gasteiger partial charge in [0.15, 0.2) is 0 Å². The smallest absolute Gasteiger partial charge is 0.0465 e. The first-order chi connectivity index (χ1) is 6.29. The summed E-state index contributed by atoms with van der Waals surface area (Å²) in [6.45, 7) is 1.10.